The molecule has 0 radical (unpaired) electrons. The number of piperidine rings is 1. The number of hydrogen-bond acceptors (Lipinski definition) is 5. The SMILES string of the molecule is COC(=O)[C@H]1C[C@H](OC=O)CCN1Cc1ccccc1. The Morgan fingerprint density at radius 1 is 1.40 bits per heavy atom. The normalized spacial score (nSPS) is 23.1. The molecule has 0 unspecified atom stereocenters. The van der Waals surface area contributed by atoms with Crippen molar-refractivity contribution in [2.24, 2.45) is 0 Å². The number of esters is 1. The molecule has 20 heavy (non-hydrogen) atoms. The molecule has 5 heteroatoms. The summed E-state index contributed by atoms with van der Waals surface area (Å²) in [6.45, 7) is 1.84. The summed E-state index contributed by atoms with van der Waals surface area (Å²) in [5, 5.41) is 0. The van der Waals surface area contributed by atoms with Crippen molar-refractivity contribution in [3.63, 3.8) is 0 Å². The number of likely N-dealkylation sites (tertiary alicyclic amines) is 1. The standard InChI is InChI=1S/C15H19NO4/c1-19-15(18)14-9-13(20-11-17)7-8-16(14)10-12-5-3-2-4-6-12/h2-6,11,13-14H,7-10H2,1H3/t13-,14-/m1/s1. The molecule has 1 aromatic rings. The third-order valence-electron chi connectivity index (χ3n) is 3.61. The van der Waals surface area contributed by atoms with Gasteiger partial charge in [0.05, 0.1) is 7.11 Å². The van der Waals surface area contributed by atoms with E-state index in [0.29, 0.717) is 26.0 Å². The lowest BCUT2D eigenvalue weighted by Crippen LogP contribution is -2.49. The van der Waals surface area contributed by atoms with Gasteiger partial charge >= 0.3 is 5.97 Å². The number of nitrogens with zero attached hydrogens (tertiary/aromatic N) is 1. The van der Waals surface area contributed by atoms with Gasteiger partial charge in [-0.2, -0.15) is 0 Å². The summed E-state index contributed by atoms with van der Waals surface area (Å²) in [7, 11) is 1.38. The van der Waals surface area contributed by atoms with Crippen molar-refractivity contribution in [3.05, 3.63) is 35.9 Å². The van der Waals surface area contributed by atoms with Gasteiger partial charge in [-0.15, -0.1) is 0 Å². The van der Waals surface area contributed by atoms with Crippen LogP contribution in [-0.4, -0.2) is 43.1 Å². The van der Waals surface area contributed by atoms with Crippen LogP contribution in [0.25, 0.3) is 0 Å². The van der Waals surface area contributed by atoms with Crippen LogP contribution < -0.4 is 0 Å². The summed E-state index contributed by atoms with van der Waals surface area (Å²) in [4.78, 5) is 24.4. The molecule has 0 N–H and O–H groups in total. The minimum absolute atomic E-state index is 0.205. The van der Waals surface area contributed by atoms with Crippen LogP contribution in [0.15, 0.2) is 30.3 Å². The zero-order valence-corrected chi connectivity index (χ0v) is 11.5. The maximum Gasteiger partial charge on any atom is 0.323 e. The van der Waals surface area contributed by atoms with Gasteiger partial charge in [0.2, 0.25) is 0 Å². The average molecular weight is 277 g/mol. The Balaban J connectivity index is 2.06. The first-order chi connectivity index (χ1) is 9.74. The lowest BCUT2D eigenvalue weighted by atomic mass is 9.98. The van der Waals surface area contributed by atoms with Gasteiger partial charge in [-0.1, -0.05) is 30.3 Å². The molecule has 0 aliphatic carbocycles. The van der Waals surface area contributed by atoms with Gasteiger partial charge in [0.15, 0.2) is 0 Å². The molecule has 1 aliphatic rings. The highest BCUT2D eigenvalue weighted by molar-refractivity contribution is 5.75. The van der Waals surface area contributed by atoms with E-state index >= 15 is 0 Å². The first kappa shape index (κ1) is 14.5. The molecule has 0 spiro atoms. The largest absolute Gasteiger partial charge is 0.468 e. The second-order valence-corrected chi connectivity index (χ2v) is 4.87. The second-order valence-electron chi connectivity index (χ2n) is 4.87. The van der Waals surface area contributed by atoms with Crippen molar-refractivity contribution < 1.29 is 19.1 Å². The number of methoxy groups -OCH3 is 1. The molecule has 0 bridgehead atoms. The Morgan fingerprint density at radius 2 is 2.15 bits per heavy atom. The monoisotopic (exact) mass is 277 g/mol. The van der Waals surface area contributed by atoms with E-state index in [1.54, 1.807) is 0 Å². The molecule has 1 aliphatic heterocycles. The van der Waals surface area contributed by atoms with Crippen molar-refractivity contribution in [2.75, 3.05) is 13.7 Å². The summed E-state index contributed by atoms with van der Waals surface area (Å²) < 4.78 is 9.85. The summed E-state index contributed by atoms with van der Waals surface area (Å²) in [6, 6.07) is 9.62. The molecule has 108 valence electrons. The van der Waals surface area contributed by atoms with Crippen LogP contribution in [0.2, 0.25) is 0 Å². The molecule has 0 amide bonds. The molecule has 2 rings (SSSR count). The third-order valence-corrected chi connectivity index (χ3v) is 3.61. The summed E-state index contributed by atoms with van der Waals surface area (Å²) in [5.74, 6) is -0.278. The predicted molar refractivity (Wildman–Crippen MR) is 72.8 cm³/mol. The van der Waals surface area contributed by atoms with Crippen molar-refractivity contribution in [2.45, 2.75) is 31.5 Å². The molecule has 1 heterocycles. The number of ether oxygens (including phenoxy) is 2. The number of carbonyl (C=O) groups excluding carboxylic acids is 2. The van der Waals surface area contributed by atoms with Gasteiger partial charge in [0, 0.05) is 19.5 Å². The fourth-order valence-electron chi connectivity index (χ4n) is 2.57. The first-order valence-electron chi connectivity index (χ1n) is 6.69. The van der Waals surface area contributed by atoms with Crippen molar-refractivity contribution >= 4 is 12.4 Å². The molecule has 1 saturated heterocycles. The number of benzene rings is 1. The Hall–Kier alpha value is -1.88. The molecule has 2 atom stereocenters. The average Bonchev–Trinajstić information content (AvgIpc) is 2.49. The zero-order valence-electron chi connectivity index (χ0n) is 11.5. The Bertz CT molecular complexity index is 448. The van der Waals surface area contributed by atoms with E-state index in [-0.39, 0.29) is 18.1 Å². The van der Waals surface area contributed by atoms with E-state index in [9.17, 15) is 9.59 Å². The van der Waals surface area contributed by atoms with Gasteiger partial charge in [0.1, 0.15) is 12.1 Å². The van der Waals surface area contributed by atoms with Crippen molar-refractivity contribution in [3.8, 4) is 0 Å². The molecule has 1 aromatic carbocycles. The van der Waals surface area contributed by atoms with Gasteiger partial charge in [-0.3, -0.25) is 14.5 Å². The highest BCUT2D eigenvalue weighted by Gasteiger charge is 2.34. The number of carbonyl (C=O) groups is 2. The van der Waals surface area contributed by atoms with Crippen LogP contribution in [0.1, 0.15) is 18.4 Å². The summed E-state index contributed by atoms with van der Waals surface area (Å²) in [5.41, 5.74) is 1.15. The lowest BCUT2D eigenvalue weighted by Gasteiger charge is -2.36. The Morgan fingerprint density at radius 3 is 2.80 bits per heavy atom. The highest BCUT2D eigenvalue weighted by atomic mass is 16.5. The minimum atomic E-state index is -0.362. The van der Waals surface area contributed by atoms with Gasteiger partial charge < -0.3 is 9.47 Å². The van der Waals surface area contributed by atoms with Crippen molar-refractivity contribution in [1.29, 1.82) is 0 Å². The lowest BCUT2D eigenvalue weighted by molar-refractivity contribution is -0.154. The second kappa shape index (κ2) is 7.05. The smallest absolute Gasteiger partial charge is 0.323 e. The maximum absolute atomic E-state index is 11.9. The van der Waals surface area contributed by atoms with Crippen LogP contribution in [0.5, 0.6) is 0 Å². The molecular weight excluding hydrogens is 258 g/mol. The highest BCUT2D eigenvalue weighted by Crippen LogP contribution is 2.22. The predicted octanol–water partition coefficient (Wildman–Crippen LogP) is 1.37. The van der Waals surface area contributed by atoms with Crippen LogP contribution in [0.4, 0.5) is 0 Å². The van der Waals surface area contributed by atoms with E-state index in [2.05, 4.69) is 4.90 Å². The molecule has 5 nitrogen and oxygen atoms in total. The molecule has 0 saturated carbocycles. The molecular formula is C15H19NO4. The summed E-state index contributed by atoms with van der Waals surface area (Å²) >= 11 is 0. The number of hydrogen-bond donors (Lipinski definition) is 0. The van der Waals surface area contributed by atoms with Crippen LogP contribution in [0.3, 0.4) is 0 Å². The topological polar surface area (TPSA) is 55.8 Å². The van der Waals surface area contributed by atoms with Crippen LogP contribution >= 0.6 is 0 Å². The van der Waals surface area contributed by atoms with E-state index in [1.165, 1.54) is 7.11 Å². The summed E-state index contributed by atoms with van der Waals surface area (Å²) in [6.07, 6.45) is 1.01. The van der Waals surface area contributed by atoms with Gasteiger partial charge in [-0.25, -0.2) is 0 Å². The van der Waals surface area contributed by atoms with Crippen LogP contribution in [-0.2, 0) is 25.6 Å². The van der Waals surface area contributed by atoms with E-state index in [0.717, 1.165) is 12.0 Å². The quantitative estimate of drug-likeness (QED) is 0.601. The Kier molecular flexibility index (Phi) is 5.12. The van der Waals surface area contributed by atoms with E-state index in [1.807, 2.05) is 30.3 Å². The van der Waals surface area contributed by atoms with Gasteiger partial charge in [0.25, 0.3) is 6.47 Å². The van der Waals surface area contributed by atoms with Crippen LogP contribution in [0, 0.1) is 0 Å². The fourth-order valence-corrected chi connectivity index (χ4v) is 2.57. The van der Waals surface area contributed by atoms with Crippen molar-refractivity contribution in [1.82, 2.24) is 4.90 Å². The molecule has 0 aromatic heterocycles. The molecule has 1 fully saturated rings. The fraction of sp³-hybridized carbons (Fsp3) is 0.467. The first-order valence-corrected chi connectivity index (χ1v) is 6.69. The minimum Gasteiger partial charge on any atom is -0.468 e. The van der Waals surface area contributed by atoms with Gasteiger partial charge in [-0.05, 0) is 12.0 Å². The van der Waals surface area contributed by atoms with E-state index < -0.39 is 0 Å². The van der Waals surface area contributed by atoms with E-state index in [4.69, 9.17) is 9.47 Å². The third kappa shape index (κ3) is 3.57. The maximum atomic E-state index is 11.9. The zero-order chi connectivity index (χ0) is 14.4. The Labute approximate surface area is 118 Å². The number of rotatable bonds is 5.